The van der Waals surface area contributed by atoms with E-state index in [0.29, 0.717) is 0 Å². The summed E-state index contributed by atoms with van der Waals surface area (Å²) in [5, 5.41) is 32.2. The van der Waals surface area contributed by atoms with Gasteiger partial charge in [-0.1, -0.05) is 0 Å². The minimum absolute atomic E-state index is 0.160. The molecule has 6 N–H and O–H groups in total. The third-order valence-corrected chi connectivity index (χ3v) is 6.18. The maximum atomic E-state index is 13.1. The van der Waals surface area contributed by atoms with Gasteiger partial charge in [-0.15, -0.1) is 0 Å². The molecule has 0 saturated carbocycles. The van der Waals surface area contributed by atoms with Crippen molar-refractivity contribution in [1.29, 1.82) is 0 Å². The van der Waals surface area contributed by atoms with Crippen LogP contribution in [0.5, 0.6) is 0 Å². The second-order valence-corrected chi connectivity index (χ2v) is 8.09. The average molecular weight is 492 g/mol. The van der Waals surface area contributed by atoms with Crippen LogP contribution in [-0.2, 0) is 23.9 Å². The summed E-state index contributed by atoms with van der Waals surface area (Å²) in [7, 11) is 0. The summed E-state index contributed by atoms with van der Waals surface area (Å²) in [6.07, 6.45) is -7.35. The van der Waals surface area contributed by atoms with Crippen molar-refractivity contribution in [3.05, 3.63) is 0 Å². The van der Waals surface area contributed by atoms with Crippen LogP contribution < -0.4 is 11.1 Å². The number of fused-ring (bicyclic) bond motifs is 1. The molecular formula is C16H22BrN5O8. The first-order chi connectivity index (χ1) is 13.8. The van der Waals surface area contributed by atoms with Gasteiger partial charge in [0.25, 0.3) is 5.91 Å². The maximum Gasteiger partial charge on any atom is 0.263 e. The molecule has 2 saturated heterocycles. The lowest BCUT2D eigenvalue weighted by atomic mass is 9.85. The van der Waals surface area contributed by atoms with Gasteiger partial charge in [0.2, 0.25) is 17.2 Å². The summed E-state index contributed by atoms with van der Waals surface area (Å²) in [4.78, 5) is 56.6. The van der Waals surface area contributed by atoms with Crippen LogP contribution in [0, 0.1) is 0 Å². The predicted octanol–water partition coefficient (Wildman–Crippen LogP) is -3.67. The number of ether oxygens (including phenoxy) is 1. The normalized spacial score (nSPS) is 40.7. The van der Waals surface area contributed by atoms with E-state index in [2.05, 4.69) is 26.2 Å². The summed E-state index contributed by atoms with van der Waals surface area (Å²) >= 11 is 3.12. The van der Waals surface area contributed by atoms with Crippen molar-refractivity contribution in [1.82, 2.24) is 15.1 Å². The summed E-state index contributed by atoms with van der Waals surface area (Å²) in [5.41, 5.74) is 3.87. The minimum atomic E-state index is -2.31. The van der Waals surface area contributed by atoms with Crippen LogP contribution in [0.3, 0.4) is 0 Å². The Bertz CT molecular complexity index is 853. The molecule has 0 aliphatic carbocycles. The number of amides is 2. The molecule has 0 aromatic rings. The number of Topliss-reactive ketones (excluding diaryl/α,β-unsaturated/α-hetero) is 2. The summed E-state index contributed by atoms with van der Waals surface area (Å²) < 4.78 is 5.35. The second kappa shape index (κ2) is 7.32. The van der Waals surface area contributed by atoms with E-state index in [4.69, 9.17) is 10.5 Å². The quantitative estimate of drug-likeness (QED) is 0.193. The fourth-order valence-electron chi connectivity index (χ4n) is 4.02. The van der Waals surface area contributed by atoms with Gasteiger partial charge in [0.15, 0.2) is 28.7 Å². The number of nitrogens with zero attached hydrogens (tertiary/aromatic N) is 3. The molecule has 0 aromatic heterocycles. The number of hydrogen-bond acceptors (Lipinski definition) is 11. The largest absolute Gasteiger partial charge is 0.394 e. The van der Waals surface area contributed by atoms with Gasteiger partial charge < -0.3 is 25.4 Å². The number of aliphatic hydroxyl groups excluding tert-OH is 3. The number of amidine groups is 1. The van der Waals surface area contributed by atoms with Crippen LogP contribution in [-0.4, -0.2) is 102 Å². The molecule has 0 aromatic carbocycles. The molecule has 3 aliphatic heterocycles. The first kappa shape index (κ1) is 22.7. The van der Waals surface area contributed by atoms with E-state index in [-0.39, 0.29) is 4.74 Å². The highest BCUT2D eigenvalue weighted by molar-refractivity contribution is 9.18. The first-order valence-corrected chi connectivity index (χ1v) is 9.73. The number of carbonyl (C=O) groups is 4. The maximum absolute atomic E-state index is 13.1. The Labute approximate surface area is 179 Å². The standard InChI is InChI=1S/C16H22BrN5O8/c1-5(24)15-12(29)19-16(18,6(2)25)22(7(3)26)13(15)21(14(17)20-15)11-10(28)9(27)8(4-23)30-11/h8-11,13,23,27-28H,4,18H2,1-3H3,(H,19,29)/t8-,9?,10?,11-,13?,15?,16?/m1/s1. The Morgan fingerprint density at radius 2 is 1.83 bits per heavy atom. The van der Waals surface area contributed by atoms with Gasteiger partial charge in [0.1, 0.15) is 18.3 Å². The molecule has 0 spiro atoms. The monoisotopic (exact) mass is 491 g/mol. The van der Waals surface area contributed by atoms with Gasteiger partial charge in [-0.3, -0.25) is 34.7 Å². The Kier molecular flexibility index (Phi) is 5.54. The van der Waals surface area contributed by atoms with Crippen LogP contribution >= 0.6 is 15.9 Å². The Morgan fingerprint density at radius 3 is 2.27 bits per heavy atom. The van der Waals surface area contributed by atoms with Crippen molar-refractivity contribution in [3.63, 3.8) is 0 Å². The van der Waals surface area contributed by atoms with Crippen molar-refractivity contribution in [2.24, 2.45) is 10.7 Å². The highest BCUT2D eigenvalue weighted by Crippen LogP contribution is 2.43. The van der Waals surface area contributed by atoms with Crippen molar-refractivity contribution < 1.29 is 39.2 Å². The van der Waals surface area contributed by atoms with Gasteiger partial charge in [0, 0.05) is 13.8 Å². The molecule has 5 unspecified atom stereocenters. The van der Waals surface area contributed by atoms with E-state index in [1.54, 1.807) is 0 Å². The van der Waals surface area contributed by atoms with E-state index >= 15 is 0 Å². The van der Waals surface area contributed by atoms with Gasteiger partial charge in [-0.2, -0.15) is 0 Å². The number of nitrogens with two attached hydrogens (primary N) is 1. The number of carbonyl (C=O) groups excluding carboxylic acids is 4. The number of aliphatic imine (C=N–C) groups is 1. The van der Waals surface area contributed by atoms with Crippen LogP contribution in [0.1, 0.15) is 20.8 Å². The van der Waals surface area contributed by atoms with Gasteiger partial charge >= 0.3 is 0 Å². The molecule has 3 aliphatic rings. The van der Waals surface area contributed by atoms with Crippen LogP contribution in [0.4, 0.5) is 0 Å². The van der Waals surface area contributed by atoms with Crippen LogP contribution in [0.15, 0.2) is 4.99 Å². The van der Waals surface area contributed by atoms with E-state index in [1.807, 2.05) is 0 Å². The molecule has 0 radical (unpaired) electrons. The van der Waals surface area contributed by atoms with Crippen molar-refractivity contribution in [2.75, 3.05) is 6.61 Å². The smallest absolute Gasteiger partial charge is 0.263 e. The Balaban J connectivity index is 2.22. The van der Waals surface area contributed by atoms with E-state index in [1.165, 1.54) is 0 Å². The molecule has 13 nitrogen and oxygen atoms in total. The number of ketones is 2. The third-order valence-electron chi connectivity index (χ3n) is 5.60. The summed E-state index contributed by atoms with van der Waals surface area (Å²) in [5.74, 6) is -5.68. The molecule has 2 fully saturated rings. The van der Waals surface area contributed by atoms with Crippen molar-refractivity contribution in [2.45, 2.75) is 62.8 Å². The number of nitrogens with one attached hydrogen (secondary N) is 1. The fraction of sp³-hybridized carbons (Fsp3) is 0.688. The van der Waals surface area contributed by atoms with E-state index in [9.17, 15) is 34.5 Å². The van der Waals surface area contributed by atoms with Crippen LogP contribution in [0.25, 0.3) is 0 Å². The summed E-state index contributed by atoms with van der Waals surface area (Å²) in [6.45, 7) is 2.57. The van der Waals surface area contributed by atoms with Gasteiger partial charge in [0.05, 0.1) is 6.61 Å². The lowest BCUT2D eigenvalue weighted by Gasteiger charge is -2.53. The van der Waals surface area contributed by atoms with Gasteiger partial charge in [-0.25, -0.2) is 4.99 Å². The molecule has 7 atom stereocenters. The lowest BCUT2D eigenvalue weighted by Crippen LogP contribution is -2.86. The third kappa shape index (κ3) is 2.82. The number of rotatable bonds is 4. The zero-order valence-corrected chi connectivity index (χ0v) is 17.9. The molecule has 166 valence electrons. The highest BCUT2D eigenvalue weighted by atomic mass is 79.9. The van der Waals surface area contributed by atoms with E-state index in [0.717, 1.165) is 30.6 Å². The lowest BCUT2D eigenvalue weighted by molar-refractivity contribution is -0.184. The van der Waals surface area contributed by atoms with Crippen LogP contribution in [0.2, 0.25) is 0 Å². The Morgan fingerprint density at radius 1 is 1.23 bits per heavy atom. The topological polar surface area (TPSA) is 195 Å². The van der Waals surface area contributed by atoms with Crippen molar-refractivity contribution >= 4 is 44.1 Å². The fourth-order valence-corrected chi connectivity index (χ4v) is 4.69. The summed E-state index contributed by atoms with van der Waals surface area (Å²) in [6, 6.07) is 0. The Hall–Kier alpha value is -1.97. The van der Waals surface area contributed by atoms with Crippen molar-refractivity contribution in [3.8, 4) is 0 Å². The molecule has 14 heteroatoms. The second-order valence-electron chi connectivity index (χ2n) is 7.38. The molecular weight excluding hydrogens is 470 g/mol. The number of aliphatic hydroxyl groups is 3. The first-order valence-electron chi connectivity index (χ1n) is 8.94. The zero-order chi connectivity index (χ0) is 22.8. The average Bonchev–Trinajstić information content (AvgIpc) is 3.10. The predicted molar refractivity (Wildman–Crippen MR) is 101 cm³/mol. The SMILES string of the molecule is CC(=O)N1C2N([C@@H]3O[C@H](CO)C(O)C3O)C(Br)=NC2(C(C)=O)C(=O)NC1(N)C(C)=O. The number of hydrogen-bond donors (Lipinski definition) is 5. The molecule has 3 heterocycles. The van der Waals surface area contributed by atoms with Gasteiger partial charge in [-0.05, 0) is 22.9 Å². The number of halogens is 1. The molecule has 2 amide bonds. The highest BCUT2D eigenvalue weighted by Gasteiger charge is 2.70. The molecule has 3 rings (SSSR count). The zero-order valence-electron chi connectivity index (χ0n) is 16.3. The minimum Gasteiger partial charge on any atom is -0.394 e. The molecule has 0 bridgehead atoms. The van der Waals surface area contributed by atoms with E-state index < -0.39 is 72.0 Å². The molecule has 30 heavy (non-hydrogen) atoms.